The van der Waals surface area contributed by atoms with Gasteiger partial charge in [-0.2, -0.15) is 0 Å². The molecule has 1 fully saturated rings. The first kappa shape index (κ1) is 15.7. The number of nitrogens with one attached hydrogen (secondary N) is 1. The Bertz CT molecular complexity index is 452. The van der Waals surface area contributed by atoms with Crippen LogP contribution >= 0.6 is 0 Å². The third kappa shape index (κ3) is 4.14. The third-order valence-electron chi connectivity index (χ3n) is 3.78. The molecule has 6 nitrogen and oxygen atoms in total. The summed E-state index contributed by atoms with van der Waals surface area (Å²) in [4.78, 5) is 15.5. The molecule has 1 saturated heterocycles. The second-order valence-corrected chi connectivity index (χ2v) is 5.69. The fourth-order valence-corrected chi connectivity index (χ4v) is 2.50. The maximum absolute atomic E-state index is 11.8. The Labute approximate surface area is 126 Å². The van der Waals surface area contributed by atoms with Crippen molar-refractivity contribution in [3.8, 4) is 0 Å². The average Bonchev–Trinajstić information content (AvgIpc) is 2.53. The van der Waals surface area contributed by atoms with Crippen LogP contribution in [0.3, 0.4) is 0 Å². The Morgan fingerprint density at radius 1 is 1.33 bits per heavy atom. The van der Waals surface area contributed by atoms with E-state index >= 15 is 0 Å². The van der Waals surface area contributed by atoms with Crippen LogP contribution in [0.25, 0.3) is 0 Å². The molecule has 0 radical (unpaired) electrons. The molecule has 0 bridgehead atoms. The minimum atomic E-state index is -0.114. The minimum absolute atomic E-state index is 0.114. The molecule has 1 aliphatic rings. The maximum Gasteiger partial charge on any atom is 0.273 e. The third-order valence-corrected chi connectivity index (χ3v) is 3.78. The lowest BCUT2D eigenvalue weighted by atomic mass is 10.0. The highest BCUT2D eigenvalue weighted by molar-refractivity contribution is 5.91. The molecular formula is C15H25N5O. The van der Waals surface area contributed by atoms with E-state index in [1.165, 1.54) is 11.3 Å². The number of amides is 1. The van der Waals surface area contributed by atoms with E-state index in [0.717, 1.165) is 38.3 Å². The standard InChI is InChI=1S/C15H25N5O/c1-4-9-16-12-7-10-20(11-8-12)14-6-5-13(17-18-14)15(21)19(2)3/h5-6,12,16H,4,7-11H2,1-3H3. The van der Waals surface area contributed by atoms with Gasteiger partial charge in [0.15, 0.2) is 11.5 Å². The lowest BCUT2D eigenvalue weighted by Gasteiger charge is -2.33. The number of carbonyl (C=O) groups excluding carboxylic acids is 1. The largest absolute Gasteiger partial charge is 0.355 e. The zero-order valence-corrected chi connectivity index (χ0v) is 13.2. The molecule has 21 heavy (non-hydrogen) atoms. The zero-order valence-electron chi connectivity index (χ0n) is 13.2. The van der Waals surface area contributed by atoms with Gasteiger partial charge >= 0.3 is 0 Å². The van der Waals surface area contributed by atoms with E-state index in [1.54, 1.807) is 20.2 Å². The predicted molar refractivity (Wildman–Crippen MR) is 83.6 cm³/mol. The Morgan fingerprint density at radius 3 is 2.57 bits per heavy atom. The lowest BCUT2D eigenvalue weighted by Crippen LogP contribution is -2.43. The van der Waals surface area contributed by atoms with Crippen LogP contribution in [0.4, 0.5) is 5.82 Å². The summed E-state index contributed by atoms with van der Waals surface area (Å²) >= 11 is 0. The smallest absolute Gasteiger partial charge is 0.273 e. The van der Waals surface area contributed by atoms with E-state index in [4.69, 9.17) is 0 Å². The first-order chi connectivity index (χ1) is 10.1. The van der Waals surface area contributed by atoms with Crippen LogP contribution < -0.4 is 10.2 Å². The highest BCUT2D eigenvalue weighted by Gasteiger charge is 2.20. The summed E-state index contributed by atoms with van der Waals surface area (Å²) in [6, 6.07) is 4.26. The summed E-state index contributed by atoms with van der Waals surface area (Å²) in [6.45, 7) is 5.24. The van der Waals surface area contributed by atoms with Gasteiger partial charge in [-0.1, -0.05) is 6.92 Å². The molecule has 0 aliphatic carbocycles. The van der Waals surface area contributed by atoms with E-state index < -0.39 is 0 Å². The van der Waals surface area contributed by atoms with Crippen LogP contribution in [0.15, 0.2) is 12.1 Å². The molecular weight excluding hydrogens is 266 g/mol. The number of rotatable bonds is 5. The molecule has 2 rings (SSSR count). The van der Waals surface area contributed by atoms with Crippen molar-refractivity contribution in [2.75, 3.05) is 38.6 Å². The normalized spacial score (nSPS) is 16.0. The SMILES string of the molecule is CCCNC1CCN(c2ccc(C(=O)N(C)C)nn2)CC1. The Balaban J connectivity index is 1.90. The molecule has 0 atom stereocenters. The molecule has 1 amide bonds. The number of piperidine rings is 1. The summed E-state index contributed by atoms with van der Waals surface area (Å²) < 4.78 is 0. The number of hydrogen-bond donors (Lipinski definition) is 1. The lowest BCUT2D eigenvalue weighted by molar-refractivity contribution is 0.0821. The van der Waals surface area contributed by atoms with Gasteiger partial charge in [-0.3, -0.25) is 4.79 Å². The van der Waals surface area contributed by atoms with E-state index in [-0.39, 0.29) is 5.91 Å². The first-order valence-electron chi connectivity index (χ1n) is 7.65. The van der Waals surface area contributed by atoms with Crippen molar-refractivity contribution in [3.05, 3.63) is 17.8 Å². The predicted octanol–water partition coefficient (Wildman–Crippen LogP) is 1.15. The van der Waals surface area contributed by atoms with Crippen molar-refractivity contribution in [2.45, 2.75) is 32.2 Å². The van der Waals surface area contributed by atoms with Gasteiger partial charge < -0.3 is 15.1 Å². The van der Waals surface area contributed by atoms with E-state index in [0.29, 0.717) is 11.7 Å². The van der Waals surface area contributed by atoms with Gasteiger partial charge in [0.2, 0.25) is 0 Å². The van der Waals surface area contributed by atoms with Crippen LogP contribution in [0, 0.1) is 0 Å². The van der Waals surface area contributed by atoms with E-state index in [9.17, 15) is 4.79 Å². The summed E-state index contributed by atoms with van der Waals surface area (Å²) in [7, 11) is 3.43. The van der Waals surface area contributed by atoms with Crippen LogP contribution in [-0.2, 0) is 0 Å². The number of hydrogen-bond acceptors (Lipinski definition) is 5. The summed E-state index contributed by atoms with van der Waals surface area (Å²) in [5.74, 6) is 0.746. The average molecular weight is 291 g/mol. The van der Waals surface area contributed by atoms with Gasteiger partial charge in [-0.25, -0.2) is 0 Å². The fourth-order valence-electron chi connectivity index (χ4n) is 2.50. The summed E-state index contributed by atoms with van der Waals surface area (Å²) in [5.41, 5.74) is 0.392. The van der Waals surface area contributed by atoms with Crippen LogP contribution in [0.1, 0.15) is 36.7 Å². The maximum atomic E-state index is 11.8. The number of aromatic nitrogens is 2. The molecule has 2 heterocycles. The molecule has 1 N–H and O–H groups in total. The highest BCUT2D eigenvalue weighted by Crippen LogP contribution is 2.17. The molecule has 1 aliphatic heterocycles. The Hall–Kier alpha value is -1.69. The van der Waals surface area contributed by atoms with Crippen molar-refractivity contribution in [3.63, 3.8) is 0 Å². The zero-order chi connectivity index (χ0) is 15.2. The highest BCUT2D eigenvalue weighted by atomic mass is 16.2. The van der Waals surface area contributed by atoms with Crippen LogP contribution in [-0.4, -0.2) is 60.8 Å². The molecule has 1 aromatic heterocycles. The molecule has 0 saturated carbocycles. The van der Waals surface area contributed by atoms with Gasteiger partial charge in [0, 0.05) is 33.2 Å². The second kappa shape index (κ2) is 7.36. The Morgan fingerprint density at radius 2 is 2.05 bits per heavy atom. The van der Waals surface area contributed by atoms with Gasteiger partial charge in [0.1, 0.15) is 0 Å². The topological polar surface area (TPSA) is 61.4 Å². The molecule has 0 spiro atoms. The van der Waals surface area contributed by atoms with Crippen molar-refractivity contribution >= 4 is 11.7 Å². The molecule has 116 valence electrons. The van der Waals surface area contributed by atoms with Gasteiger partial charge in [-0.05, 0) is 37.9 Å². The van der Waals surface area contributed by atoms with Crippen LogP contribution in [0.2, 0.25) is 0 Å². The van der Waals surface area contributed by atoms with Crippen molar-refractivity contribution in [1.82, 2.24) is 20.4 Å². The van der Waals surface area contributed by atoms with Gasteiger partial charge in [0.05, 0.1) is 0 Å². The van der Waals surface area contributed by atoms with Crippen molar-refractivity contribution in [2.24, 2.45) is 0 Å². The first-order valence-corrected chi connectivity index (χ1v) is 7.65. The fraction of sp³-hybridized carbons (Fsp3) is 0.667. The quantitative estimate of drug-likeness (QED) is 0.881. The van der Waals surface area contributed by atoms with Gasteiger partial charge in [0.25, 0.3) is 5.91 Å². The second-order valence-electron chi connectivity index (χ2n) is 5.69. The molecule has 0 aromatic carbocycles. The van der Waals surface area contributed by atoms with Crippen molar-refractivity contribution < 1.29 is 4.79 Å². The Kier molecular flexibility index (Phi) is 5.50. The number of nitrogens with zero attached hydrogens (tertiary/aromatic N) is 4. The van der Waals surface area contributed by atoms with Gasteiger partial charge in [-0.15, -0.1) is 10.2 Å². The van der Waals surface area contributed by atoms with E-state index in [1.807, 2.05) is 6.07 Å². The minimum Gasteiger partial charge on any atom is -0.355 e. The van der Waals surface area contributed by atoms with E-state index in [2.05, 4.69) is 27.3 Å². The van der Waals surface area contributed by atoms with Crippen LogP contribution in [0.5, 0.6) is 0 Å². The summed E-state index contributed by atoms with van der Waals surface area (Å²) in [6.07, 6.45) is 3.42. The molecule has 0 unspecified atom stereocenters. The van der Waals surface area contributed by atoms with Crippen molar-refractivity contribution in [1.29, 1.82) is 0 Å². The number of carbonyl (C=O) groups is 1. The molecule has 6 heteroatoms. The molecule has 1 aromatic rings. The summed E-state index contributed by atoms with van der Waals surface area (Å²) in [5, 5.41) is 11.8. The number of anilines is 1. The monoisotopic (exact) mass is 291 g/mol.